The van der Waals surface area contributed by atoms with Crippen molar-refractivity contribution in [3.05, 3.63) is 53.1 Å². The maximum Gasteiger partial charge on any atom is 0.242 e. The first-order chi connectivity index (χ1) is 14.8. The second kappa shape index (κ2) is 8.26. The van der Waals surface area contributed by atoms with Crippen LogP contribution in [0, 0.1) is 0 Å². The quantitative estimate of drug-likeness (QED) is 0.766. The largest absolute Gasteiger partial charge is 0.493 e. The Morgan fingerprint density at radius 2 is 1.68 bits per heavy atom. The summed E-state index contributed by atoms with van der Waals surface area (Å²) in [6, 6.07) is 10.8. The Labute approximate surface area is 183 Å². The molecule has 4 rings (SSSR count). The first-order valence-electron chi connectivity index (χ1n) is 10.3. The minimum absolute atomic E-state index is 0.0641. The van der Waals surface area contributed by atoms with E-state index in [0.717, 1.165) is 35.2 Å². The third-order valence-corrected chi connectivity index (χ3v) is 8.03. The van der Waals surface area contributed by atoms with Crippen molar-refractivity contribution in [3.8, 4) is 11.5 Å². The molecular weight excluding hydrogens is 416 g/mol. The van der Waals surface area contributed by atoms with Gasteiger partial charge in [-0.3, -0.25) is 4.99 Å². The summed E-state index contributed by atoms with van der Waals surface area (Å²) in [5, 5.41) is 10.3. The third kappa shape index (κ3) is 3.84. The number of methoxy groups -OCH3 is 2. The van der Waals surface area contributed by atoms with E-state index < -0.39 is 10.0 Å². The molecule has 31 heavy (non-hydrogen) atoms. The van der Waals surface area contributed by atoms with Gasteiger partial charge in [0.15, 0.2) is 11.5 Å². The molecule has 2 aromatic carbocycles. The highest BCUT2D eigenvalue weighted by Gasteiger charge is 2.37. The normalized spacial score (nSPS) is 23.0. The van der Waals surface area contributed by atoms with Crippen molar-refractivity contribution in [1.29, 1.82) is 0 Å². The number of rotatable bonds is 5. The molecule has 1 aliphatic carbocycles. The summed E-state index contributed by atoms with van der Waals surface area (Å²) in [6.45, 7) is 0. The van der Waals surface area contributed by atoms with Crippen LogP contribution in [0.25, 0.3) is 0 Å². The van der Waals surface area contributed by atoms with Gasteiger partial charge < -0.3 is 14.6 Å². The zero-order valence-corrected chi connectivity index (χ0v) is 19.0. The Morgan fingerprint density at radius 1 is 1.03 bits per heavy atom. The molecule has 0 radical (unpaired) electrons. The van der Waals surface area contributed by atoms with E-state index in [-0.39, 0.29) is 23.0 Å². The number of nitrogens with zero attached hydrogens (tertiary/aromatic N) is 2. The van der Waals surface area contributed by atoms with E-state index in [1.165, 1.54) is 18.4 Å². The van der Waals surface area contributed by atoms with Crippen LogP contribution in [0.15, 0.2) is 46.3 Å². The second-order valence-electron chi connectivity index (χ2n) is 8.22. The van der Waals surface area contributed by atoms with Gasteiger partial charge in [-0.15, -0.1) is 0 Å². The molecule has 2 aromatic rings. The molecular formula is C23H28N2O5S. The molecule has 1 heterocycles. The SMILES string of the molecule is COc1cc2c(cc1OC)C1CC(O)CCC1N=C2c1ccc(S(=O)(=O)N(C)C)cc1. The number of sulfonamides is 1. The van der Waals surface area contributed by atoms with Crippen LogP contribution in [0.1, 0.15) is 41.9 Å². The van der Waals surface area contributed by atoms with Gasteiger partial charge in [0.25, 0.3) is 0 Å². The van der Waals surface area contributed by atoms with Crippen LogP contribution in [-0.4, -0.2) is 64.0 Å². The summed E-state index contributed by atoms with van der Waals surface area (Å²) in [7, 11) is 2.74. The summed E-state index contributed by atoms with van der Waals surface area (Å²) in [6.07, 6.45) is 1.84. The lowest BCUT2D eigenvalue weighted by Crippen LogP contribution is -2.34. The highest BCUT2D eigenvalue weighted by atomic mass is 32.2. The number of ether oxygens (including phenoxy) is 2. The van der Waals surface area contributed by atoms with Gasteiger partial charge in [0.2, 0.25) is 10.0 Å². The molecule has 0 saturated heterocycles. The average Bonchev–Trinajstić information content (AvgIpc) is 2.77. The van der Waals surface area contributed by atoms with Gasteiger partial charge in [-0.1, -0.05) is 12.1 Å². The van der Waals surface area contributed by atoms with Crippen molar-refractivity contribution in [1.82, 2.24) is 4.31 Å². The fraction of sp³-hybridized carbons (Fsp3) is 0.435. The number of aliphatic hydroxyl groups is 1. The predicted molar refractivity (Wildman–Crippen MR) is 119 cm³/mol. The molecule has 0 bridgehead atoms. The third-order valence-electron chi connectivity index (χ3n) is 6.20. The Bertz CT molecular complexity index is 1110. The van der Waals surface area contributed by atoms with E-state index in [9.17, 15) is 13.5 Å². The Kier molecular flexibility index (Phi) is 5.81. The molecule has 1 N–H and O–H groups in total. The minimum Gasteiger partial charge on any atom is -0.493 e. The van der Waals surface area contributed by atoms with E-state index in [4.69, 9.17) is 14.5 Å². The van der Waals surface area contributed by atoms with Crippen LogP contribution >= 0.6 is 0 Å². The van der Waals surface area contributed by atoms with Crippen LogP contribution in [-0.2, 0) is 10.0 Å². The molecule has 3 unspecified atom stereocenters. The van der Waals surface area contributed by atoms with Gasteiger partial charge in [0.05, 0.1) is 37.0 Å². The first kappa shape index (κ1) is 21.8. The summed E-state index contributed by atoms with van der Waals surface area (Å²) in [5.41, 5.74) is 3.66. The lowest BCUT2D eigenvalue weighted by molar-refractivity contribution is 0.111. The van der Waals surface area contributed by atoms with Crippen LogP contribution in [0.5, 0.6) is 11.5 Å². The van der Waals surface area contributed by atoms with Crippen molar-refractivity contribution in [2.75, 3.05) is 28.3 Å². The van der Waals surface area contributed by atoms with Gasteiger partial charge >= 0.3 is 0 Å². The number of fused-ring (bicyclic) bond motifs is 3. The number of aliphatic hydroxyl groups excluding tert-OH is 1. The van der Waals surface area contributed by atoms with E-state index in [1.54, 1.807) is 38.5 Å². The molecule has 7 nitrogen and oxygen atoms in total. The van der Waals surface area contributed by atoms with E-state index in [1.807, 2.05) is 12.1 Å². The lowest BCUT2D eigenvalue weighted by atomic mass is 9.74. The van der Waals surface area contributed by atoms with E-state index in [0.29, 0.717) is 17.9 Å². The molecule has 0 aromatic heterocycles. The van der Waals surface area contributed by atoms with Crippen LogP contribution in [0.3, 0.4) is 0 Å². The smallest absolute Gasteiger partial charge is 0.242 e. The Morgan fingerprint density at radius 3 is 2.29 bits per heavy atom. The lowest BCUT2D eigenvalue weighted by Gasteiger charge is -2.37. The topological polar surface area (TPSA) is 88.4 Å². The molecule has 1 fully saturated rings. The summed E-state index contributed by atoms with van der Waals surface area (Å²) >= 11 is 0. The fourth-order valence-corrected chi connectivity index (χ4v) is 5.39. The van der Waals surface area contributed by atoms with Crippen molar-refractivity contribution in [3.63, 3.8) is 0 Å². The average molecular weight is 445 g/mol. The molecule has 8 heteroatoms. The van der Waals surface area contributed by atoms with Gasteiger partial charge in [0.1, 0.15) is 0 Å². The zero-order chi connectivity index (χ0) is 22.3. The molecule has 166 valence electrons. The highest BCUT2D eigenvalue weighted by molar-refractivity contribution is 7.89. The standard InChI is InChI=1S/C23H28N2O5S/c1-25(2)31(27,28)16-8-5-14(6-9-16)23-19-13-22(30-4)21(29-3)12-17(19)18-11-15(26)7-10-20(18)24-23/h5-6,8-9,12-13,15,18,20,26H,7,10-11H2,1-4H3. The van der Waals surface area contributed by atoms with Crippen molar-refractivity contribution < 1.29 is 23.0 Å². The van der Waals surface area contributed by atoms with Crippen LogP contribution < -0.4 is 9.47 Å². The highest BCUT2D eigenvalue weighted by Crippen LogP contribution is 2.44. The predicted octanol–water partition coefficient (Wildman–Crippen LogP) is 2.80. The number of hydrogen-bond donors (Lipinski definition) is 1. The van der Waals surface area contributed by atoms with E-state index >= 15 is 0 Å². The minimum atomic E-state index is -3.50. The second-order valence-corrected chi connectivity index (χ2v) is 10.4. The summed E-state index contributed by atoms with van der Waals surface area (Å²) in [4.78, 5) is 5.30. The number of hydrogen-bond acceptors (Lipinski definition) is 6. The number of benzene rings is 2. The van der Waals surface area contributed by atoms with E-state index in [2.05, 4.69) is 0 Å². The monoisotopic (exact) mass is 444 g/mol. The summed E-state index contributed by atoms with van der Waals surface area (Å²) in [5.74, 6) is 1.36. The maximum absolute atomic E-state index is 12.4. The maximum atomic E-state index is 12.4. The van der Waals surface area contributed by atoms with Crippen molar-refractivity contribution in [2.24, 2.45) is 4.99 Å². The van der Waals surface area contributed by atoms with Crippen LogP contribution in [0.2, 0.25) is 0 Å². The van der Waals surface area contributed by atoms with Gasteiger partial charge in [-0.2, -0.15) is 0 Å². The summed E-state index contributed by atoms with van der Waals surface area (Å²) < 4.78 is 37.1. The molecule has 1 saturated carbocycles. The van der Waals surface area contributed by atoms with Crippen molar-refractivity contribution >= 4 is 15.7 Å². The molecule has 0 spiro atoms. The van der Waals surface area contributed by atoms with Gasteiger partial charge in [-0.05, 0) is 49.1 Å². The van der Waals surface area contributed by atoms with Crippen LogP contribution in [0.4, 0.5) is 0 Å². The van der Waals surface area contributed by atoms with Crippen molar-refractivity contribution in [2.45, 2.75) is 42.2 Å². The fourth-order valence-electron chi connectivity index (χ4n) is 4.49. The first-order valence-corrected chi connectivity index (χ1v) is 11.8. The van der Waals surface area contributed by atoms with Gasteiger partial charge in [-0.25, -0.2) is 12.7 Å². The Balaban J connectivity index is 1.83. The molecule has 1 aliphatic heterocycles. The molecule has 3 atom stereocenters. The molecule has 0 amide bonds. The Hall–Kier alpha value is -2.42. The van der Waals surface area contributed by atoms with Gasteiger partial charge in [0, 0.05) is 31.1 Å². The number of aliphatic imine (C=N–C) groups is 1. The zero-order valence-electron chi connectivity index (χ0n) is 18.2. The molecule has 2 aliphatic rings.